The van der Waals surface area contributed by atoms with Gasteiger partial charge in [0.25, 0.3) is 5.91 Å². The molecule has 0 radical (unpaired) electrons. The molecule has 1 saturated heterocycles. The molecule has 1 aliphatic heterocycles. The van der Waals surface area contributed by atoms with Crippen molar-refractivity contribution in [1.29, 1.82) is 0 Å². The lowest BCUT2D eigenvalue weighted by molar-refractivity contribution is -0.137. The number of rotatable bonds is 4. The minimum atomic E-state index is -0.359. The van der Waals surface area contributed by atoms with Gasteiger partial charge in [-0.2, -0.15) is 0 Å². The molecule has 2 heterocycles. The monoisotopic (exact) mass is 413 g/mol. The van der Waals surface area contributed by atoms with E-state index in [1.807, 2.05) is 37.3 Å². The van der Waals surface area contributed by atoms with Crippen LogP contribution in [0.15, 0.2) is 51.7 Å². The molecule has 150 valence electrons. The summed E-state index contributed by atoms with van der Waals surface area (Å²) >= 11 is 6.20. The van der Waals surface area contributed by atoms with E-state index in [2.05, 4.69) is 0 Å². The first kappa shape index (κ1) is 19.5. The van der Waals surface area contributed by atoms with Crippen molar-refractivity contribution in [1.82, 2.24) is 4.90 Å². The molecular weight excluding hydrogens is 394 g/mol. The van der Waals surface area contributed by atoms with Crippen LogP contribution in [0.25, 0.3) is 22.3 Å². The summed E-state index contributed by atoms with van der Waals surface area (Å²) in [6, 6.07) is 12.5. The lowest BCUT2D eigenvalue weighted by Gasteiger charge is -2.26. The Morgan fingerprint density at radius 2 is 1.90 bits per heavy atom. The van der Waals surface area contributed by atoms with Crippen molar-refractivity contribution in [2.24, 2.45) is 0 Å². The second kappa shape index (κ2) is 8.27. The van der Waals surface area contributed by atoms with Crippen LogP contribution in [0.5, 0.6) is 5.75 Å². The summed E-state index contributed by atoms with van der Waals surface area (Å²) in [5, 5.41) is 0.779. The molecule has 4 rings (SSSR count). The Bertz CT molecular complexity index is 1100. The number of hydrogen-bond acceptors (Lipinski definition) is 5. The van der Waals surface area contributed by atoms with E-state index in [1.54, 1.807) is 17.0 Å². The van der Waals surface area contributed by atoms with Crippen molar-refractivity contribution in [2.45, 2.75) is 6.92 Å². The molecule has 0 spiro atoms. The number of benzene rings is 2. The number of carbonyl (C=O) groups excluding carboxylic acids is 1. The van der Waals surface area contributed by atoms with Gasteiger partial charge in [0.05, 0.1) is 18.6 Å². The van der Waals surface area contributed by atoms with Crippen LogP contribution < -0.4 is 10.2 Å². The van der Waals surface area contributed by atoms with Gasteiger partial charge in [0.15, 0.2) is 12.4 Å². The summed E-state index contributed by atoms with van der Waals surface area (Å²) in [6.07, 6.45) is 0. The second-order valence-corrected chi connectivity index (χ2v) is 7.24. The molecule has 1 fully saturated rings. The molecule has 0 saturated carbocycles. The molecule has 29 heavy (non-hydrogen) atoms. The molecule has 0 unspecified atom stereocenters. The standard InChI is InChI=1S/C22H20ClNO5/c1-14-11-18-16(12-17(14)23)20(26)22(21(29-18)15-5-3-2-4-6-15)28-13-19(25)24-7-9-27-10-8-24/h2-6,11-12H,7-10,13H2,1H3. The van der Waals surface area contributed by atoms with Crippen molar-refractivity contribution < 1.29 is 18.7 Å². The zero-order chi connectivity index (χ0) is 20.4. The van der Waals surface area contributed by atoms with E-state index in [-0.39, 0.29) is 23.7 Å². The van der Waals surface area contributed by atoms with Gasteiger partial charge in [-0.25, -0.2) is 0 Å². The van der Waals surface area contributed by atoms with E-state index in [1.165, 1.54) is 0 Å². The van der Waals surface area contributed by atoms with Gasteiger partial charge >= 0.3 is 0 Å². The van der Waals surface area contributed by atoms with Crippen LogP contribution in [0.3, 0.4) is 0 Å². The number of carbonyl (C=O) groups is 1. The van der Waals surface area contributed by atoms with E-state index >= 15 is 0 Å². The van der Waals surface area contributed by atoms with E-state index < -0.39 is 0 Å². The minimum absolute atomic E-state index is 0.00484. The van der Waals surface area contributed by atoms with Gasteiger partial charge in [-0.1, -0.05) is 41.9 Å². The molecule has 1 aliphatic rings. The van der Waals surface area contributed by atoms with Gasteiger partial charge < -0.3 is 18.8 Å². The van der Waals surface area contributed by atoms with Gasteiger partial charge in [0.2, 0.25) is 11.2 Å². The van der Waals surface area contributed by atoms with Crippen molar-refractivity contribution in [2.75, 3.05) is 32.9 Å². The number of aryl methyl sites for hydroxylation is 1. The number of hydrogen-bond donors (Lipinski definition) is 0. The van der Waals surface area contributed by atoms with Crippen LogP contribution in [0.2, 0.25) is 5.02 Å². The Balaban J connectivity index is 1.76. The molecule has 3 aromatic rings. The average molecular weight is 414 g/mol. The molecule has 2 aromatic carbocycles. The van der Waals surface area contributed by atoms with Gasteiger partial charge in [-0.05, 0) is 24.6 Å². The third-order valence-electron chi connectivity index (χ3n) is 4.87. The third kappa shape index (κ3) is 3.99. The lowest BCUT2D eigenvalue weighted by Crippen LogP contribution is -2.43. The van der Waals surface area contributed by atoms with Crippen LogP contribution in [0.1, 0.15) is 5.56 Å². The Kier molecular flexibility index (Phi) is 5.56. The average Bonchev–Trinajstić information content (AvgIpc) is 2.75. The quantitative estimate of drug-likeness (QED) is 0.653. The predicted octanol–water partition coefficient (Wildman–Crippen LogP) is 3.66. The molecule has 1 aromatic heterocycles. The first-order chi connectivity index (χ1) is 14.0. The Labute approximate surface area is 172 Å². The number of morpholine rings is 1. The minimum Gasteiger partial charge on any atom is -0.476 e. The van der Waals surface area contributed by atoms with Gasteiger partial charge in [0.1, 0.15) is 5.58 Å². The zero-order valence-electron chi connectivity index (χ0n) is 15.9. The summed E-state index contributed by atoms with van der Waals surface area (Å²) in [6.45, 7) is 3.60. The number of amides is 1. The SMILES string of the molecule is Cc1cc2oc(-c3ccccc3)c(OCC(=O)N3CCOCC3)c(=O)c2cc1Cl. The third-order valence-corrected chi connectivity index (χ3v) is 5.28. The highest BCUT2D eigenvalue weighted by molar-refractivity contribution is 6.32. The second-order valence-electron chi connectivity index (χ2n) is 6.83. The normalized spacial score (nSPS) is 14.2. The summed E-state index contributed by atoms with van der Waals surface area (Å²) in [7, 11) is 0. The Morgan fingerprint density at radius 1 is 1.17 bits per heavy atom. The molecule has 6 nitrogen and oxygen atoms in total. The molecule has 7 heteroatoms. The van der Waals surface area contributed by atoms with Crippen LogP contribution >= 0.6 is 11.6 Å². The van der Waals surface area contributed by atoms with Crippen LogP contribution in [0, 0.1) is 6.92 Å². The molecule has 0 aliphatic carbocycles. The fraction of sp³-hybridized carbons (Fsp3) is 0.273. The van der Waals surface area contributed by atoms with Crippen molar-refractivity contribution in [3.05, 3.63) is 63.3 Å². The summed E-state index contributed by atoms with van der Waals surface area (Å²) in [5.74, 6) is 0.0959. The van der Waals surface area contributed by atoms with Crippen LogP contribution in [-0.4, -0.2) is 43.7 Å². The Morgan fingerprint density at radius 3 is 2.62 bits per heavy atom. The molecule has 0 atom stereocenters. The van der Waals surface area contributed by atoms with Crippen molar-refractivity contribution in [3.63, 3.8) is 0 Å². The zero-order valence-corrected chi connectivity index (χ0v) is 16.7. The maximum atomic E-state index is 13.2. The predicted molar refractivity (Wildman–Crippen MR) is 111 cm³/mol. The summed E-state index contributed by atoms with van der Waals surface area (Å²) in [5.41, 5.74) is 1.55. The highest BCUT2D eigenvalue weighted by atomic mass is 35.5. The fourth-order valence-electron chi connectivity index (χ4n) is 3.25. The topological polar surface area (TPSA) is 69.0 Å². The van der Waals surface area contributed by atoms with Gasteiger partial charge in [-0.3, -0.25) is 9.59 Å². The van der Waals surface area contributed by atoms with E-state index in [9.17, 15) is 9.59 Å². The first-order valence-corrected chi connectivity index (χ1v) is 9.73. The smallest absolute Gasteiger partial charge is 0.260 e. The maximum Gasteiger partial charge on any atom is 0.260 e. The van der Waals surface area contributed by atoms with Crippen molar-refractivity contribution in [3.8, 4) is 17.1 Å². The number of nitrogens with zero attached hydrogens (tertiary/aromatic N) is 1. The largest absolute Gasteiger partial charge is 0.476 e. The van der Waals surface area contributed by atoms with Crippen molar-refractivity contribution >= 4 is 28.5 Å². The summed E-state index contributed by atoms with van der Waals surface area (Å²) in [4.78, 5) is 27.3. The molecule has 0 N–H and O–H groups in total. The van der Waals surface area contributed by atoms with Crippen LogP contribution in [-0.2, 0) is 9.53 Å². The van der Waals surface area contributed by atoms with E-state index in [4.69, 9.17) is 25.5 Å². The highest BCUT2D eigenvalue weighted by Gasteiger charge is 2.22. The molecular formula is C22H20ClNO5. The van der Waals surface area contributed by atoms with E-state index in [0.29, 0.717) is 53.6 Å². The molecule has 0 bridgehead atoms. The number of halogens is 1. The molecule has 1 amide bonds. The Hall–Kier alpha value is -2.83. The number of fused-ring (bicyclic) bond motifs is 1. The van der Waals surface area contributed by atoms with Crippen LogP contribution in [0.4, 0.5) is 0 Å². The maximum absolute atomic E-state index is 13.2. The number of ether oxygens (including phenoxy) is 2. The highest BCUT2D eigenvalue weighted by Crippen LogP contribution is 2.32. The van der Waals surface area contributed by atoms with Gasteiger partial charge in [-0.15, -0.1) is 0 Å². The first-order valence-electron chi connectivity index (χ1n) is 9.35. The van der Waals surface area contributed by atoms with Gasteiger partial charge in [0, 0.05) is 23.7 Å². The summed E-state index contributed by atoms with van der Waals surface area (Å²) < 4.78 is 17.0. The van der Waals surface area contributed by atoms with E-state index in [0.717, 1.165) is 5.56 Å². The lowest BCUT2D eigenvalue weighted by atomic mass is 10.1. The fourth-order valence-corrected chi connectivity index (χ4v) is 3.41.